The molecule has 0 atom stereocenters. The molecule has 0 amide bonds. The lowest BCUT2D eigenvalue weighted by atomic mass is 10.1. The van der Waals surface area contributed by atoms with E-state index in [0.717, 1.165) is 39.3 Å². The van der Waals surface area contributed by atoms with Gasteiger partial charge in [-0.05, 0) is 61.9 Å². The number of aromatic nitrogens is 2. The van der Waals surface area contributed by atoms with E-state index in [0.29, 0.717) is 16.3 Å². The highest BCUT2D eigenvalue weighted by atomic mass is 32.1. The molecule has 2 aromatic carbocycles. The van der Waals surface area contributed by atoms with Crippen LogP contribution in [-0.4, -0.2) is 9.55 Å². The molecule has 0 radical (unpaired) electrons. The highest BCUT2D eigenvalue weighted by Gasteiger charge is 2.30. The van der Waals surface area contributed by atoms with Gasteiger partial charge in [-0.2, -0.15) is 18.4 Å². The van der Waals surface area contributed by atoms with Crippen LogP contribution in [-0.2, 0) is 6.18 Å². The first-order valence-corrected chi connectivity index (χ1v) is 9.94. The third-order valence-electron chi connectivity index (χ3n) is 4.85. The Morgan fingerprint density at radius 3 is 2.57 bits per heavy atom. The Morgan fingerprint density at radius 1 is 1.10 bits per heavy atom. The Bertz CT molecular complexity index is 1290. The second kappa shape index (κ2) is 7.47. The smallest absolute Gasteiger partial charge is 0.318 e. The van der Waals surface area contributed by atoms with Crippen LogP contribution in [0.4, 0.5) is 13.2 Å². The Kier molecular flexibility index (Phi) is 4.96. The van der Waals surface area contributed by atoms with E-state index >= 15 is 0 Å². The first-order chi connectivity index (χ1) is 14.3. The second-order valence-electron chi connectivity index (χ2n) is 6.87. The average Bonchev–Trinajstić information content (AvgIpc) is 3.26. The molecule has 0 aliphatic heterocycles. The van der Waals surface area contributed by atoms with Crippen molar-refractivity contribution in [2.24, 2.45) is 0 Å². The number of nitrogens with zero attached hydrogens (tertiary/aromatic N) is 3. The van der Waals surface area contributed by atoms with Crippen LogP contribution in [0.2, 0.25) is 0 Å². The van der Waals surface area contributed by atoms with Gasteiger partial charge >= 0.3 is 6.18 Å². The number of hydrogen-bond donors (Lipinski definition) is 0. The van der Waals surface area contributed by atoms with Crippen LogP contribution in [0, 0.1) is 25.2 Å². The van der Waals surface area contributed by atoms with E-state index in [9.17, 15) is 18.4 Å². The quantitative estimate of drug-likeness (QED) is 0.341. The number of alkyl halides is 3. The van der Waals surface area contributed by atoms with Crippen molar-refractivity contribution in [3.05, 3.63) is 82.1 Å². The highest BCUT2D eigenvalue weighted by molar-refractivity contribution is 7.19. The van der Waals surface area contributed by atoms with Crippen LogP contribution in [0.5, 0.6) is 0 Å². The molecule has 0 N–H and O–H groups in total. The van der Waals surface area contributed by atoms with Crippen LogP contribution in [0.1, 0.15) is 27.5 Å². The minimum Gasteiger partial charge on any atom is -0.318 e. The molecule has 30 heavy (non-hydrogen) atoms. The average molecular weight is 423 g/mol. The molecule has 0 aliphatic rings. The number of thiazole rings is 1. The summed E-state index contributed by atoms with van der Waals surface area (Å²) in [7, 11) is 0. The fourth-order valence-corrected chi connectivity index (χ4v) is 4.37. The lowest BCUT2D eigenvalue weighted by Gasteiger charge is -2.13. The molecular formula is C23H16F3N3S. The molecule has 4 aromatic rings. The molecule has 150 valence electrons. The van der Waals surface area contributed by atoms with Gasteiger partial charge in [-0.1, -0.05) is 18.2 Å². The first-order valence-electron chi connectivity index (χ1n) is 9.12. The second-order valence-corrected chi connectivity index (χ2v) is 7.90. The zero-order chi connectivity index (χ0) is 21.5. The van der Waals surface area contributed by atoms with Crippen LogP contribution in [0.15, 0.2) is 54.6 Å². The van der Waals surface area contributed by atoms with Gasteiger partial charge in [-0.25, -0.2) is 4.98 Å². The minimum atomic E-state index is -4.41. The van der Waals surface area contributed by atoms with Crippen molar-refractivity contribution in [3.63, 3.8) is 0 Å². The summed E-state index contributed by atoms with van der Waals surface area (Å²) in [4.78, 5) is 4.53. The first kappa shape index (κ1) is 19.9. The summed E-state index contributed by atoms with van der Waals surface area (Å²) >= 11 is 1.43. The number of para-hydroxylation sites is 1. The minimum absolute atomic E-state index is 0.417. The van der Waals surface area contributed by atoms with Crippen molar-refractivity contribution < 1.29 is 13.2 Å². The number of hydrogen-bond acceptors (Lipinski definition) is 3. The Balaban J connectivity index is 1.79. The molecule has 7 heteroatoms. The molecular weight excluding hydrogens is 407 g/mol. The van der Waals surface area contributed by atoms with Crippen LogP contribution in [0.25, 0.3) is 27.6 Å². The van der Waals surface area contributed by atoms with Gasteiger partial charge in [0.05, 0.1) is 21.4 Å². The maximum atomic E-state index is 13.1. The van der Waals surface area contributed by atoms with Gasteiger partial charge in [0, 0.05) is 17.1 Å². The molecule has 0 aliphatic carbocycles. The van der Waals surface area contributed by atoms with E-state index in [4.69, 9.17) is 0 Å². The molecule has 2 heterocycles. The zero-order valence-electron chi connectivity index (χ0n) is 16.2. The van der Waals surface area contributed by atoms with Crippen molar-refractivity contribution in [1.29, 1.82) is 5.26 Å². The Labute approximate surface area is 175 Å². The fourth-order valence-electron chi connectivity index (χ4n) is 3.44. The van der Waals surface area contributed by atoms with Crippen molar-refractivity contribution in [3.8, 4) is 11.8 Å². The molecule has 0 spiro atoms. The molecule has 0 fully saturated rings. The number of aryl methyl sites for hydroxylation is 1. The third kappa shape index (κ3) is 3.62. The molecule has 0 unspecified atom stereocenters. The van der Waals surface area contributed by atoms with Gasteiger partial charge in [0.25, 0.3) is 0 Å². The van der Waals surface area contributed by atoms with Crippen LogP contribution < -0.4 is 0 Å². The van der Waals surface area contributed by atoms with Crippen LogP contribution in [0.3, 0.4) is 0 Å². The number of halogens is 3. The maximum absolute atomic E-state index is 13.1. The van der Waals surface area contributed by atoms with Crippen molar-refractivity contribution in [1.82, 2.24) is 9.55 Å². The predicted octanol–water partition coefficient (Wildman–Crippen LogP) is 6.79. The number of fused-ring (bicyclic) bond motifs is 1. The van der Waals surface area contributed by atoms with Gasteiger partial charge < -0.3 is 4.57 Å². The highest BCUT2D eigenvalue weighted by Crippen LogP contribution is 2.33. The van der Waals surface area contributed by atoms with E-state index < -0.39 is 11.7 Å². The Hall–Kier alpha value is -3.37. The summed E-state index contributed by atoms with van der Waals surface area (Å²) in [6, 6.07) is 16.9. The Morgan fingerprint density at radius 2 is 1.87 bits per heavy atom. The zero-order valence-corrected chi connectivity index (χ0v) is 17.0. The predicted molar refractivity (Wildman–Crippen MR) is 113 cm³/mol. The summed E-state index contributed by atoms with van der Waals surface area (Å²) in [5.74, 6) is 0. The largest absolute Gasteiger partial charge is 0.416 e. The van der Waals surface area contributed by atoms with Gasteiger partial charge in [0.1, 0.15) is 11.1 Å². The van der Waals surface area contributed by atoms with Crippen molar-refractivity contribution in [2.75, 3.05) is 0 Å². The number of rotatable bonds is 3. The standard InChI is InChI=1S/C23H16F3N3S/c1-14-10-16(11-17(13-27)22-28-20-8-3-4-9-21(20)30-22)15(2)29(14)19-7-5-6-18(12-19)23(24,25)26/h3-12H,1-2H3/b17-11+. The molecule has 0 bridgehead atoms. The molecule has 2 aromatic heterocycles. The number of nitriles is 1. The van der Waals surface area contributed by atoms with Gasteiger partial charge in [-0.15, -0.1) is 11.3 Å². The topological polar surface area (TPSA) is 41.6 Å². The number of benzene rings is 2. The molecule has 0 saturated heterocycles. The summed E-state index contributed by atoms with van der Waals surface area (Å²) in [6.07, 6.45) is -2.67. The third-order valence-corrected chi connectivity index (χ3v) is 5.92. The fraction of sp³-hybridized carbons (Fsp3) is 0.130. The summed E-state index contributed by atoms with van der Waals surface area (Å²) in [6.45, 7) is 3.65. The lowest BCUT2D eigenvalue weighted by molar-refractivity contribution is -0.137. The normalized spacial score (nSPS) is 12.3. The lowest BCUT2D eigenvalue weighted by Crippen LogP contribution is -2.07. The summed E-state index contributed by atoms with van der Waals surface area (Å²) in [5.41, 5.74) is 3.27. The molecule has 0 saturated carbocycles. The van der Waals surface area contributed by atoms with E-state index in [1.165, 1.54) is 17.4 Å². The summed E-state index contributed by atoms with van der Waals surface area (Å²) < 4.78 is 42.1. The van der Waals surface area contributed by atoms with Gasteiger partial charge in [0.2, 0.25) is 0 Å². The van der Waals surface area contributed by atoms with Gasteiger partial charge in [0.15, 0.2) is 0 Å². The number of allylic oxidation sites excluding steroid dienone is 1. The monoisotopic (exact) mass is 423 g/mol. The van der Waals surface area contributed by atoms with E-state index in [-0.39, 0.29) is 0 Å². The molecule has 3 nitrogen and oxygen atoms in total. The van der Waals surface area contributed by atoms with E-state index in [1.54, 1.807) is 16.7 Å². The van der Waals surface area contributed by atoms with Crippen molar-refractivity contribution in [2.45, 2.75) is 20.0 Å². The van der Waals surface area contributed by atoms with Crippen molar-refractivity contribution >= 4 is 33.2 Å². The summed E-state index contributed by atoms with van der Waals surface area (Å²) in [5, 5.41) is 10.3. The van der Waals surface area contributed by atoms with E-state index in [2.05, 4.69) is 11.1 Å². The van der Waals surface area contributed by atoms with Gasteiger partial charge in [-0.3, -0.25) is 0 Å². The SMILES string of the molecule is Cc1cc(/C=C(\C#N)c2nc3ccccc3s2)c(C)n1-c1cccc(C(F)(F)F)c1. The van der Waals surface area contributed by atoms with Crippen LogP contribution >= 0.6 is 11.3 Å². The molecule has 4 rings (SSSR count). The van der Waals surface area contributed by atoms with E-state index in [1.807, 2.05) is 44.2 Å². The maximum Gasteiger partial charge on any atom is 0.416 e.